The second-order valence-corrected chi connectivity index (χ2v) is 9.43. The van der Waals surface area contributed by atoms with Crippen molar-refractivity contribution in [2.75, 3.05) is 17.1 Å². The van der Waals surface area contributed by atoms with E-state index in [1.807, 2.05) is 0 Å². The average Bonchev–Trinajstić information content (AvgIpc) is 2.83. The zero-order chi connectivity index (χ0) is 25.2. The van der Waals surface area contributed by atoms with E-state index >= 15 is 0 Å². The average molecular weight is 515 g/mol. The fraction of sp³-hybridized carbons (Fsp3) is 0.0870. The molecule has 0 aliphatic heterocycles. The molecule has 180 valence electrons. The minimum absolute atomic E-state index is 0.0690. The van der Waals surface area contributed by atoms with Crippen LogP contribution in [0.25, 0.3) is 10.8 Å². The summed E-state index contributed by atoms with van der Waals surface area (Å²) in [4.78, 5) is 37.2. The number of H-pyrrole nitrogens is 1. The van der Waals surface area contributed by atoms with E-state index in [1.54, 1.807) is 30.3 Å². The number of hydrogen-bond acceptors (Lipinski definition) is 6. The van der Waals surface area contributed by atoms with Gasteiger partial charge in [-0.25, -0.2) is 13.1 Å². The van der Waals surface area contributed by atoms with Gasteiger partial charge in [0.25, 0.3) is 21.1 Å². The molecule has 0 saturated heterocycles. The van der Waals surface area contributed by atoms with Gasteiger partial charge in [-0.2, -0.15) is 0 Å². The quantitative estimate of drug-likeness (QED) is 0.346. The zero-order valence-electron chi connectivity index (χ0n) is 18.2. The van der Waals surface area contributed by atoms with Gasteiger partial charge in [0.2, 0.25) is 5.91 Å². The Hall–Kier alpha value is -4.09. The topological polar surface area (TPSA) is 139 Å². The molecule has 12 heteroatoms. The van der Waals surface area contributed by atoms with Gasteiger partial charge in [-0.1, -0.05) is 35.9 Å². The van der Waals surface area contributed by atoms with Gasteiger partial charge in [0.1, 0.15) is 17.2 Å². The molecule has 0 unspecified atom stereocenters. The molecule has 0 saturated carbocycles. The van der Waals surface area contributed by atoms with E-state index in [4.69, 9.17) is 16.3 Å². The number of hydrogen-bond donors (Lipinski definition) is 3. The Morgan fingerprint density at radius 1 is 1.03 bits per heavy atom. The van der Waals surface area contributed by atoms with E-state index in [-0.39, 0.29) is 32.1 Å². The molecule has 0 bridgehead atoms. The Labute approximate surface area is 204 Å². The van der Waals surface area contributed by atoms with E-state index < -0.39 is 33.6 Å². The summed E-state index contributed by atoms with van der Waals surface area (Å²) in [6.45, 7) is -0.497. The molecule has 10 nitrogen and oxygen atoms in total. The van der Waals surface area contributed by atoms with Crippen LogP contribution in [0, 0.1) is 0 Å². The van der Waals surface area contributed by atoms with Crippen LogP contribution < -0.4 is 25.9 Å². The summed E-state index contributed by atoms with van der Waals surface area (Å²) in [6, 6.07) is 16.6. The first-order chi connectivity index (χ1) is 16.7. The molecule has 0 aliphatic rings. The van der Waals surface area contributed by atoms with Gasteiger partial charge < -0.3 is 10.1 Å². The number of nitrogens with zero attached hydrogens (tertiary/aromatic N) is 1. The Morgan fingerprint density at radius 3 is 2.46 bits per heavy atom. The van der Waals surface area contributed by atoms with Gasteiger partial charge in [-0.3, -0.25) is 24.2 Å². The second kappa shape index (κ2) is 9.65. The van der Waals surface area contributed by atoms with Crippen molar-refractivity contribution in [3.05, 3.63) is 92.5 Å². The van der Waals surface area contributed by atoms with Crippen LogP contribution in [-0.2, 0) is 21.4 Å². The normalized spacial score (nSPS) is 11.3. The number of sulfonamides is 1. The molecule has 0 spiro atoms. The molecular weight excluding hydrogens is 496 g/mol. The number of rotatable bonds is 7. The van der Waals surface area contributed by atoms with Crippen LogP contribution in [0.5, 0.6) is 5.75 Å². The molecule has 4 aromatic rings. The van der Waals surface area contributed by atoms with Crippen LogP contribution in [0.3, 0.4) is 0 Å². The summed E-state index contributed by atoms with van der Waals surface area (Å²) >= 11 is 6.13. The van der Waals surface area contributed by atoms with E-state index in [9.17, 15) is 22.8 Å². The Bertz CT molecular complexity index is 1660. The van der Waals surface area contributed by atoms with Crippen LogP contribution in [0.2, 0.25) is 5.02 Å². The number of ether oxygens (including phenoxy) is 1. The number of amides is 1. The molecule has 1 heterocycles. The highest BCUT2D eigenvalue weighted by atomic mass is 35.5. The predicted molar refractivity (Wildman–Crippen MR) is 133 cm³/mol. The number of para-hydroxylation sites is 2. The standard InChI is InChI=1S/C23H19ClN4O6S/c1-34-19-9-5-4-8-18(19)27-35(32,33)20-12-14(10-11-17(20)24)25-21(29)13-28-23(31)16-7-3-2-6-15(16)22(30)26-28/h2-12,27H,13H2,1H3,(H,25,29)(H,26,30). The molecule has 0 fully saturated rings. The molecule has 35 heavy (non-hydrogen) atoms. The summed E-state index contributed by atoms with van der Waals surface area (Å²) in [6.07, 6.45) is 0. The molecule has 3 aromatic carbocycles. The summed E-state index contributed by atoms with van der Waals surface area (Å²) in [7, 11) is -2.74. The van der Waals surface area contributed by atoms with Crippen molar-refractivity contribution < 1.29 is 17.9 Å². The number of carbonyl (C=O) groups excluding carboxylic acids is 1. The van der Waals surface area contributed by atoms with E-state index in [0.29, 0.717) is 5.75 Å². The fourth-order valence-corrected chi connectivity index (χ4v) is 5.02. The number of methoxy groups -OCH3 is 1. The lowest BCUT2D eigenvalue weighted by Gasteiger charge is -2.14. The highest BCUT2D eigenvalue weighted by Crippen LogP contribution is 2.30. The summed E-state index contributed by atoms with van der Waals surface area (Å²) in [5.74, 6) is -0.354. The van der Waals surface area contributed by atoms with Gasteiger partial charge in [0, 0.05) is 5.69 Å². The van der Waals surface area contributed by atoms with Crippen molar-refractivity contribution >= 4 is 49.7 Å². The smallest absolute Gasteiger partial charge is 0.273 e. The van der Waals surface area contributed by atoms with E-state index in [1.165, 1.54) is 43.5 Å². The van der Waals surface area contributed by atoms with Crippen LogP contribution in [0.4, 0.5) is 11.4 Å². The predicted octanol–water partition coefficient (Wildman–Crippen LogP) is 2.79. The number of anilines is 2. The van der Waals surface area contributed by atoms with Crippen molar-refractivity contribution in [3.63, 3.8) is 0 Å². The van der Waals surface area contributed by atoms with Gasteiger partial charge in [0.05, 0.1) is 28.6 Å². The maximum absolute atomic E-state index is 13.0. The largest absolute Gasteiger partial charge is 0.495 e. The molecule has 1 aromatic heterocycles. The highest BCUT2D eigenvalue weighted by molar-refractivity contribution is 7.92. The Kier molecular flexibility index (Phi) is 6.63. The van der Waals surface area contributed by atoms with Crippen LogP contribution in [0.15, 0.2) is 81.2 Å². The third-order valence-corrected chi connectivity index (χ3v) is 6.89. The van der Waals surface area contributed by atoms with Crippen molar-refractivity contribution in [3.8, 4) is 5.75 Å². The summed E-state index contributed by atoms with van der Waals surface area (Å²) < 4.78 is 34.4. The van der Waals surface area contributed by atoms with Crippen LogP contribution >= 0.6 is 11.6 Å². The Morgan fingerprint density at radius 2 is 1.71 bits per heavy atom. The van der Waals surface area contributed by atoms with E-state index in [0.717, 1.165) is 4.68 Å². The fourth-order valence-electron chi connectivity index (χ4n) is 3.42. The monoisotopic (exact) mass is 514 g/mol. The van der Waals surface area contributed by atoms with Crippen LogP contribution in [-0.4, -0.2) is 31.2 Å². The van der Waals surface area contributed by atoms with Gasteiger partial charge in [-0.15, -0.1) is 0 Å². The SMILES string of the molecule is COc1ccccc1NS(=O)(=O)c1cc(NC(=O)Cn2[nH]c(=O)c3ccccc3c2=O)ccc1Cl. The number of aromatic amines is 1. The third-order valence-electron chi connectivity index (χ3n) is 5.04. The molecule has 0 aliphatic carbocycles. The Balaban J connectivity index is 1.58. The molecule has 1 amide bonds. The molecule has 0 radical (unpaired) electrons. The third kappa shape index (κ3) is 5.05. The van der Waals surface area contributed by atoms with E-state index in [2.05, 4.69) is 15.1 Å². The van der Waals surface area contributed by atoms with Gasteiger partial charge in [0.15, 0.2) is 0 Å². The van der Waals surface area contributed by atoms with Crippen molar-refractivity contribution in [1.82, 2.24) is 9.78 Å². The number of halogens is 1. The summed E-state index contributed by atoms with van der Waals surface area (Å²) in [5, 5.41) is 5.20. The molecule has 4 rings (SSSR count). The minimum Gasteiger partial charge on any atom is -0.495 e. The van der Waals surface area contributed by atoms with Crippen LogP contribution in [0.1, 0.15) is 0 Å². The number of benzene rings is 3. The number of nitrogens with one attached hydrogen (secondary N) is 3. The molecule has 0 atom stereocenters. The lowest BCUT2D eigenvalue weighted by atomic mass is 10.2. The highest BCUT2D eigenvalue weighted by Gasteiger charge is 2.21. The number of fused-ring (bicyclic) bond motifs is 1. The minimum atomic E-state index is -4.15. The number of carbonyl (C=O) groups is 1. The lowest BCUT2D eigenvalue weighted by molar-refractivity contribution is -0.117. The zero-order valence-corrected chi connectivity index (χ0v) is 19.8. The molecule has 3 N–H and O–H groups in total. The number of aromatic nitrogens is 2. The maximum atomic E-state index is 13.0. The maximum Gasteiger partial charge on any atom is 0.273 e. The second-order valence-electron chi connectivity index (χ2n) is 7.38. The lowest BCUT2D eigenvalue weighted by Crippen LogP contribution is -2.34. The van der Waals surface area contributed by atoms with Gasteiger partial charge in [-0.05, 0) is 42.5 Å². The van der Waals surface area contributed by atoms with Crippen molar-refractivity contribution in [1.29, 1.82) is 0 Å². The van der Waals surface area contributed by atoms with Gasteiger partial charge >= 0.3 is 0 Å². The van der Waals surface area contributed by atoms with Crippen molar-refractivity contribution in [2.45, 2.75) is 11.4 Å². The first-order valence-electron chi connectivity index (χ1n) is 10.2. The first-order valence-corrected chi connectivity index (χ1v) is 12.0. The first kappa shape index (κ1) is 24.0. The summed E-state index contributed by atoms with van der Waals surface area (Å²) in [5.41, 5.74) is -0.734. The molecular formula is C23H19ClN4O6S. The van der Waals surface area contributed by atoms with Crippen molar-refractivity contribution in [2.24, 2.45) is 0 Å².